The molecule has 0 aromatic rings. The summed E-state index contributed by atoms with van der Waals surface area (Å²) in [5.41, 5.74) is 5.49. The van der Waals surface area contributed by atoms with E-state index < -0.39 is 0 Å². The van der Waals surface area contributed by atoms with Gasteiger partial charge in [-0.05, 0) is 37.2 Å². The Labute approximate surface area is 132 Å². The van der Waals surface area contributed by atoms with Crippen LogP contribution in [0.5, 0.6) is 0 Å². The highest BCUT2D eigenvalue weighted by atomic mass is 32.2. The van der Waals surface area contributed by atoms with E-state index in [4.69, 9.17) is 18.0 Å². The molecule has 20 heavy (non-hydrogen) atoms. The lowest BCUT2D eigenvalue weighted by atomic mass is 9.87. The Morgan fingerprint density at radius 2 is 2.10 bits per heavy atom. The summed E-state index contributed by atoms with van der Waals surface area (Å²) in [6.45, 7) is 8.25. The van der Waals surface area contributed by atoms with Crippen LogP contribution in [0, 0.1) is 11.8 Å². The summed E-state index contributed by atoms with van der Waals surface area (Å²) in [5, 5.41) is 4.13. The Hall–Kier alpha value is -0.490. The Morgan fingerprint density at radius 1 is 1.45 bits per heavy atom. The van der Waals surface area contributed by atoms with Crippen LogP contribution in [-0.2, 0) is 4.79 Å². The third-order valence-corrected chi connectivity index (χ3v) is 5.30. The predicted octanol–water partition coefficient (Wildman–Crippen LogP) is 1.84. The Balaban J connectivity index is 0.000000612. The van der Waals surface area contributed by atoms with Crippen LogP contribution in [0.15, 0.2) is 0 Å². The maximum Gasteiger partial charge on any atom is 0.223 e. The zero-order valence-electron chi connectivity index (χ0n) is 12.7. The van der Waals surface area contributed by atoms with Crippen molar-refractivity contribution in [2.75, 3.05) is 24.6 Å². The quantitative estimate of drug-likeness (QED) is 0.761. The second kappa shape index (κ2) is 8.72. The fourth-order valence-corrected chi connectivity index (χ4v) is 4.38. The molecule has 0 spiro atoms. The first-order valence-corrected chi connectivity index (χ1v) is 9.03. The molecule has 116 valence electrons. The Morgan fingerprint density at radius 3 is 2.65 bits per heavy atom. The van der Waals surface area contributed by atoms with E-state index in [1.165, 1.54) is 6.42 Å². The van der Waals surface area contributed by atoms with Gasteiger partial charge in [-0.3, -0.25) is 4.79 Å². The van der Waals surface area contributed by atoms with Gasteiger partial charge in [-0.25, -0.2) is 0 Å². The number of fused-ring (bicyclic) bond motifs is 1. The molecule has 0 aromatic heterocycles. The number of carbonyl (C=O) groups is 1. The van der Waals surface area contributed by atoms with Crippen LogP contribution >= 0.6 is 24.0 Å². The molecular weight excluding hydrogens is 290 g/mol. The van der Waals surface area contributed by atoms with Gasteiger partial charge < -0.3 is 16.0 Å². The van der Waals surface area contributed by atoms with Crippen molar-refractivity contribution in [1.82, 2.24) is 10.2 Å². The number of rotatable bonds is 2. The number of primary amides is 1. The Kier molecular flexibility index (Phi) is 7.66. The molecule has 0 radical (unpaired) electrons. The zero-order valence-corrected chi connectivity index (χ0v) is 14.4. The van der Waals surface area contributed by atoms with Crippen LogP contribution in [0.4, 0.5) is 0 Å². The van der Waals surface area contributed by atoms with Crippen LogP contribution in [-0.4, -0.2) is 46.6 Å². The number of thiocarbonyl (C=S) groups is 1. The lowest BCUT2D eigenvalue weighted by Crippen LogP contribution is -2.53. The minimum Gasteiger partial charge on any atom is -0.369 e. The summed E-state index contributed by atoms with van der Waals surface area (Å²) in [5.74, 6) is 2.13. The molecular formula is C14H27N3OS2. The molecule has 3 N–H and O–H groups in total. The number of hydrogen-bond acceptors (Lipinski definition) is 3. The maximum atomic E-state index is 11.5. The average Bonchev–Trinajstić information content (AvgIpc) is 2.57. The molecule has 2 saturated heterocycles. The summed E-state index contributed by atoms with van der Waals surface area (Å²) in [6.07, 6.45) is 2.34. The summed E-state index contributed by atoms with van der Waals surface area (Å²) < 4.78 is 0. The van der Waals surface area contributed by atoms with Gasteiger partial charge in [0.2, 0.25) is 5.91 Å². The number of thioether (sulfide) groups is 1. The minimum absolute atomic E-state index is 0.0893. The van der Waals surface area contributed by atoms with Gasteiger partial charge in [0, 0.05) is 24.9 Å². The van der Waals surface area contributed by atoms with E-state index in [1.54, 1.807) is 0 Å². The first-order chi connectivity index (χ1) is 9.54. The molecule has 2 aliphatic rings. The van der Waals surface area contributed by atoms with Crippen LogP contribution in [0.1, 0.15) is 33.6 Å². The van der Waals surface area contributed by atoms with Crippen molar-refractivity contribution in [1.29, 1.82) is 0 Å². The molecule has 2 heterocycles. The highest BCUT2D eigenvalue weighted by Crippen LogP contribution is 2.31. The SMILES string of the molecule is CCC.CCN1CCC2CSCC(C(N)=O)C2NC1=S. The van der Waals surface area contributed by atoms with Crippen molar-refractivity contribution < 1.29 is 4.79 Å². The van der Waals surface area contributed by atoms with Crippen molar-refractivity contribution in [3.63, 3.8) is 0 Å². The lowest BCUT2D eigenvalue weighted by Gasteiger charge is -2.35. The molecule has 1 amide bonds. The normalized spacial score (nSPS) is 29.4. The van der Waals surface area contributed by atoms with Gasteiger partial charge in [-0.2, -0.15) is 11.8 Å². The van der Waals surface area contributed by atoms with Crippen molar-refractivity contribution in [3.05, 3.63) is 0 Å². The summed E-state index contributed by atoms with van der Waals surface area (Å²) in [7, 11) is 0. The molecule has 2 fully saturated rings. The van der Waals surface area contributed by atoms with Crippen molar-refractivity contribution >= 4 is 35.0 Å². The minimum atomic E-state index is -0.201. The largest absolute Gasteiger partial charge is 0.369 e. The molecule has 3 unspecified atom stereocenters. The van der Waals surface area contributed by atoms with E-state index in [-0.39, 0.29) is 17.9 Å². The fourth-order valence-electron chi connectivity index (χ4n) is 2.58. The van der Waals surface area contributed by atoms with Crippen molar-refractivity contribution in [2.45, 2.75) is 39.7 Å². The van der Waals surface area contributed by atoms with E-state index in [0.29, 0.717) is 5.92 Å². The standard InChI is InChI=1S/C11H19N3OS2.C3H8/c1-2-14-4-3-7-5-17-6-8(10(12)15)9(7)13-11(14)16;1-3-2/h7-9H,2-6H2,1H3,(H2,12,15)(H,13,16);3H2,1-2H3. The number of amides is 1. The summed E-state index contributed by atoms with van der Waals surface area (Å²) >= 11 is 7.21. The van der Waals surface area contributed by atoms with E-state index in [0.717, 1.165) is 36.1 Å². The van der Waals surface area contributed by atoms with Gasteiger partial charge in [0.1, 0.15) is 0 Å². The molecule has 6 heteroatoms. The summed E-state index contributed by atoms with van der Waals surface area (Å²) in [4.78, 5) is 13.7. The van der Waals surface area contributed by atoms with Gasteiger partial charge >= 0.3 is 0 Å². The van der Waals surface area contributed by atoms with Gasteiger partial charge in [0.15, 0.2) is 5.11 Å². The molecule has 0 aliphatic carbocycles. The van der Waals surface area contributed by atoms with E-state index >= 15 is 0 Å². The van der Waals surface area contributed by atoms with Gasteiger partial charge in [-0.15, -0.1) is 0 Å². The highest BCUT2D eigenvalue weighted by molar-refractivity contribution is 7.99. The third kappa shape index (κ3) is 4.52. The number of hydrogen-bond donors (Lipinski definition) is 2. The number of nitrogens with two attached hydrogens (primary N) is 1. The predicted molar refractivity (Wildman–Crippen MR) is 90.9 cm³/mol. The highest BCUT2D eigenvalue weighted by Gasteiger charge is 2.39. The van der Waals surface area contributed by atoms with Crippen LogP contribution in [0.2, 0.25) is 0 Å². The molecule has 4 nitrogen and oxygen atoms in total. The molecule has 0 aromatic carbocycles. The Bertz CT molecular complexity index is 338. The first-order valence-electron chi connectivity index (χ1n) is 7.47. The lowest BCUT2D eigenvalue weighted by molar-refractivity contribution is -0.122. The van der Waals surface area contributed by atoms with Crippen molar-refractivity contribution in [3.8, 4) is 0 Å². The van der Waals surface area contributed by atoms with Crippen LogP contribution < -0.4 is 11.1 Å². The van der Waals surface area contributed by atoms with E-state index in [2.05, 4.69) is 31.0 Å². The maximum absolute atomic E-state index is 11.5. The molecule has 2 aliphatic heterocycles. The number of carbonyl (C=O) groups excluding carboxylic acids is 1. The van der Waals surface area contributed by atoms with E-state index in [1.807, 2.05) is 11.8 Å². The average molecular weight is 318 g/mol. The molecule has 2 rings (SSSR count). The molecule has 0 bridgehead atoms. The van der Waals surface area contributed by atoms with Gasteiger partial charge in [0.05, 0.1) is 5.92 Å². The van der Waals surface area contributed by atoms with Gasteiger partial charge in [-0.1, -0.05) is 20.3 Å². The molecule has 0 saturated carbocycles. The molecule has 3 atom stereocenters. The fraction of sp³-hybridized carbons (Fsp3) is 0.857. The monoisotopic (exact) mass is 317 g/mol. The van der Waals surface area contributed by atoms with Gasteiger partial charge in [0.25, 0.3) is 0 Å². The first kappa shape index (κ1) is 17.6. The third-order valence-electron chi connectivity index (χ3n) is 3.67. The smallest absolute Gasteiger partial charge is 0.223 e. The second-order valence-electron chi connectivity index (χ2n) is 5.36. The zero-order chi connectivity index (χ0) is 15.1. The van der Waals surface area contributed by atoms with Crippen LogP contribution in [0.25, 0.3) is 0 Å². The second-order valence-corrected chi connectivity index (χ2v) is 6.82. The topological polar surface area (TPSA) is 58.4 Å². The number of nitrogens with zero attached hydrogens (tertiary/aromatic N) is 1. The number of nitrogens with one attached hydrogen (secondary N) is 1. The van der Waals surface area contributed by atoms with Crippen LogP contribution in [0.3, 0.4) is 0 Å². The van der Waals surface area contributed by atoms with E-state index in [9.17, 15) is 4.79 Å². The summed E-state index contributed by atoms with van der Waals surface area (Å²) in [6, 6.07) is 0.137. The van der Waals surface area contributed by atoms with Crippen molar-refractivity contribution in [2.24, 2.45) is 17.6 Å².